The summed E-state index contributed by atoms with van der Waals surface area (Å²) in [6, 6.07) is 2.78. The number of halogens is 1. The van der Waals surface area contributed by atoms with Gasteiger partial charge in [-0.2, -0.15) is 0 Å². The Kier molecular flexibility index (Phi) is 5.03. The van der Waals surface area contributed by atoms with Gasteiger partial charge in [0.25, 0.3) is 0 Å². The van der Waals surface area contributed by atoms with Crippen molar-refractivity contribution in [1.82, 2.24) is 10.2 Å². The number of nitrogens with one attached hydrogen (secondary N) is 1. The van der Waals surface area contributed by atoms with Gasteiger partial charge in [-0.1, -0.05) is 13.8 Å². The first-order chi connectivity index (χ1) is 8.16. The quantitative estimate of drug-likeness (QED) is 0.920. The van der Waals surface area contributed by atoms with Gasteiger partial charge in [0.15, 0.2) is 0 Å². The molecular formula is C13H21BrN2S. The van der Waals surface area contributed by atoms with Crippen LogP contribution in [0.5, 0.6) is 0 Å². The highest BCUT2D eigenvalue weighted by Crippen LogP contribution is 2.24. The molecule has 4 heteroatoms. The predicted molar refractivity (Wildman–Crippen MR) is 78.5 cm³/mol. The Morgan fingerprint density at radius 1 is 1.59 bits per heavy atom. The normalized spacial score (nSPS) is 22.9. The lowest BCUT2D eigenvalue weighted by atomic mass is 10.0. The molecule has 1 unspecified atom stereocenters. The van der Waals surface area contributed by atoms with Gasteiger partial charge >= 0.3 is 0 Å². The second-order valence-electron chi connectivity index (χ2n) is 5.09. The molecule has 1 aromatic heterocycles. The minimum atomic E-state index is 0.635. The zero-order valence-corrected chi connectivity index (χ0v) is 13.0. The summed E-state index contributed by atoms with van der Waals surface area (Å²) < 4.78 is 1.26. The third-order valence-corrected chi connectivity index (χ3v) is 5.29. The van der Waals surface area contributed by atoms with Crippen LogP contribution in [0, 0.1) is 5.92 Å². The molecule has 17 heavy (non-hydrogen) atoms. The molecule has 0 radical (unpaired) electrons. The van der Waals surface area contributed by atoms with E-state index in [0.29, 0.717) is 12.0 Å². The van der Waals surface area contributed by atoms with E-state index in [2.05, 4.69) is 51.4 Å². The predicted octanol–water partition coefficient (Wildman–Crippen LogP) is 3.33. The van der Waals surface area contributed by atoms with Gasteiger partial charge in [-0.3, -0.25) is 4.90 Å². The lowest BCUT2D eigenvalue weighted by Gasteiger charge is -2.26. The van der Waals surface area contributed by atoms with E-state index in [4.69, 9.17) is 0 Å². The summed E-state index contributed by atoms with van der Waals surface area (Å²) in [6.07, 6.45) is 1.26. The van der Waals surface area contributed by atoms with Gasteiger partial charge in [0.1, 0.15) is 0 Å². The number of nitrogens with zero attached hydrogens (tertiary/aromatic N) is 1. The maximum atomic E-state index is 3.66. The lowest BCUT2D eigenvalue weighted by molar-refractivity contribution is 0.240. The molecule has 96 valence electrons. The van der Waals surface area contributed by atoms with E-state index in [1.54, 1.807) is 0 Å². The smallest absolute Gasteiger partial charge is 0.0339 e. The van der Waals surface area contributed by atoms with Gasteiger partial charge in [-0.25, -0.2) is 0 Å². The fourth-order valence-electron chi connectivity index (χ4n) is 2.26. The molecule has 2 heterocycles. The molecule has 1 aliphatic heterocycles. The molecule has 2 rings (SSSR count). The molecule has 1 aromatic rings. The van der Waals surface area contributed by atoms with Gasteiger partial charge in [-0.05, 0) is 52.8 Å². The van der Waals surface area contributed by atoms with Crippen LogP contribution in [0.25, 0.3) is 0 Å². The van der Waals surface area contributed by atoms with Crippen molar-refractivity contribution in [3.05, 3.63) is 20.8 Å². The molecule has 0 amide bonds. The number of thiophene rings is 1. The number of rotatable bonds is 3. The van der Waals surface area contributed by atoms with Crippen LogP contribution >= 0.6 is 27.3 Å². The molecule has 2 nitrogen and oxygen atoms in total. The van der Waals surface area contributed by atoms with Crippen molar-refractivity contribution in [2.75, 3.05) is 19.6 Å². The molecule has 1 atom stereocenters. The first-order valence-electron chi connectivity index (χ1n) is 6.34. The summed E-state index contributed by atoms with van der Waals surface area (Å²) in [7, 11) is 0. The van der Waals surface area contributed by atoms with Crippen molar-refractivity contribution in [3.8, 4) is 0 Å². The average Bonchev–Trinajstić information content (AvgIpc) is 2.55. The first-order valence-corrected chi connectivity index (χ1v) is 8.01. The molecular weight excluding hydrogens is 296 g/mol. The van der Waals surface area contributed by atoms with Crippen LogP contribution < -0.4 is 5.32 Å². The number of hydrogen-bond acceptors (Lipinski definition) is 3. The van der Waals surface area contributed by atoms with Crippen molar-refractivity contribution in [2.45, 2.75) is 32.9 Å². The fraction of sp³-hybridized carbons (Fsp3) is 0.692. The summed E-state index contributed by atoms with van der Waals surface area (Å²) in [6.45, 7) is 9.24. The molecule has 1 fully saturated rings. The van der Waals surface area contributed by atoms with E-state index in [1.807, 2.05) is 11.3 Å². The second kappa shape index (κ2) is 6.32. The van der Waals surface area contributed by atoms with Gasteiger partial charge in [0.05, 0.1) is 0 Å². The molecule has 0 aliphatic carbocycles. The third-order valence-electron chi connectivity index (χ3n) is 3.38. The fourth-order valence-corrected chi connectivity index (χ4v) is 3.77. The highest BCUT2D eigenvalue weighted by Gasteiger charge is 2.20. The molecule has 0 saturated carbocycles. The van der Waals surface area contributed by atoms with Gasteiger partial charge in [0, 0.05) is 28.5 Å². The Balaban J connectivity index is 1.97. The van der Waals surface area contributed by atoms with E-state index in [0.717, 1.165) is 13.1 Å². The first kappa shape index (κ1) is 13.5. The van der Waals surface area contributed by atoms with Crippen LogP contribution in [-0.4, -0.2) is 30.6 Å². The van der Waals surface area contributed by atoms with Crippen LogP contribution in [0.3, 0.4) is 0 Å². The molecule has 0 aromatic carbocycles. The van der Waals surface area contributed by atoms with Gasteiger partial charge in [0.2, 0.25) is 0 Å². The van der Waals surface area contributed by atoms with Crippen LogP contribution in [0.15, 0.2) is 15.9 Å². The Hall–Kier alpha value is 0.1000. The Morgan fingerprint density at radius 3 is 3.06 bits per heavy atom. The Labute approximate surface area is 117 Å². The van der Waals surface area contributed by atoms with Gasteiger partial charge in [-0.15, -0.1) is 11.3 Å². The minimum absolute atomic E-state index is 0.635. The molecule has 0 spiro atoms. The molecule has 0 bridgehead atoms. The van der Waals surface area contributed by atoms with E-state index in [1.165, 1.54) is 28.9 Å². The van der Waals surface area contributed by atoms with Crippen molar-refractivity contribution >= 4 is 27.3 Å². The highest BCUT2D eigenvalue weighted by atomic mass is 79.9. The molecule has 1 aliphatic rings. The zero-order chi connectivity index (χ0) is 12.3. The van der Waals surface area contributed by atoms with Crippen LogP contribution in [0.4, 0.5) is 0 Å². The number of hydrogen-bond donors (Lipinski definition) is 1. The zero-order valence-electron chi connectivity index (χ0n) is 10.6. The van der Waals surface area contributed by atoms with E-state index in [9.17, 15) is 0 Å². The summed E-state index contributed by atoms with van der Waals surface area (Å²) in [5.41, 5.74) is 0. The SMILES string of the molecule is CC(C)C1CN(Cc2sccc2Br)CCCN1. The summed E-state index contributed by atoms with van der Waals surface area (Å²) in [4.78, 5) is 4.04. The third kappa shape index (κ3) is 3.78. The van der Waals surface area contributed by atoms with Crippen LogP contribution in [-0.2, 0) is 6.54 Å². The standard InChI is InChI=1S/C13H21BrN2S/c1-10(2)12-8-16(6-3-5-15-12)9-13-11(14)4-7-17-13/h4,7,10,12,15H,3,5-6,8-9H2,1-2H3. The van der Waals surface area contributed by atoms with E-state index < -0.39 is 0 Å². The van der Waals surface area contributed by atoms with E-state index in [-0.39, 0.29) is 0 Å². The van der Waals surface area contributed by atoms with Crippen molar-refractivity contribution < 1.29 is 0 Å². The summed E-state index contributed by atoms with van der Waals surface area (Å²) in [5.74, 6) is 0.711. The average molecular weight is 317 g/mol. The monoisotopic (exact) mass is 316 g/mol. The molecule has 1 N–H and O–H groups in total. The maximum absolute atomic E-state index is 3.66. The largest absolute Gasteiger partial charge is 0.312 e. The highest BCUT2D eigenvalue weighted by molar-refractivity contribution is 9.10. The van der Waals surface area contributed by atoms with Gasteiger partial charge < -0.3 is 5.32 Å². The summed E-state index contributed by atoms with van der Waals surface area (Å²) in [5, 5.41) is 5.82. The van der Waals surface area contributed by atoms with Crippen LogP contribution in [0.2, 0.25) is 0 Å². The topological polar surface area (TPSA) is 15.3 Å². The lowest BCUT2D eigenvalue weighted by Crippen LogP contribution is -2.40. The maximum Gasteiger partial charge on any atom is 0.0339 e. The minimum Gasteiger partial charge on any atom is -0.312 e. The summed E-state index contributed by atoms with van der Waals surface area (Å²) >= 11 is 5.48. The Bertz CT molecular complexity index is 351. The Morgan fingerprint density at radius 2 is 2.41 bits per heavy atom. The second-order valence-corrected chi connectivity index (χ2v) is 6.94. The van der Waals surface area contributed by atoms with Crippen LogP contribution in [0.1, 0.15) is 25.1 Å². The van der Waals surface area contributed by atoms with Crippen molar-refractivity contribution in [2.24, 2.45) is 5.92 Å². The van der Waals surface area contributed by atoms with E-state index >= 15 is 0 Å². The van der Waals surface area contributed by atoms with Crippen molar-refractivity contribution in [1.29, 1.82) is 0 Å². The molecule has 1 saturated heterocycles. The van der Waals surface area contributed by atoms with Crippen molar-refractivity contribution in [3.63, 3.8) is 0 Å².